The molecule has 8 atom stereocenters. The number of aliphatic hydroxyl groups is 1. The van der Waals surface area contributed by atoms with Gasteiger partial charge in [0, 0.05) is 0 Å². The van der Waals surface area contributed by atoms with Gasteiger partial charge in [-0.25, -0.2) is 0 Å². The molecule has 0 aliphatic heterocycles. The van der Waals surface area contributed by atoms with Crippen LogP contribution in [0.15, 0.2) is 0 Å². The molecule has 4 saturated carbocycles. The van der Waals surface area contributed by atoms with Crippen LogP contribution in [0.5, 0.6) is 0 Å². The molecule has 0 aromatic carbocycles. The van der Waals surface area contributed by atoms with Crippen LogP contribution in [-0.4, -0.2) is 11.2 Å². The third-order valence-corrected chi connectivity index (χ3v) is 12.6. The standard InChI is InChI=1S/C30H54O/c1-21(2)10-9-15-27(5)18-19-29(7)22(20-27)11-12-24-28(6)16-14-25(31)26(3,4)23(28)13-17-30(24,29)8/h21-25,31H,9-20H2,1-8H3. The molecule has 0 bridgehead atoms. The minimum atomic E-state index is -0.108. The maximum Gasteiger partial charge on any atom is 0.0594 e. The average Bonchev–Trinajstić information content (AvgIpc) is 2.66. The molecule has 0 saturated heterocycles. The molecular formula is C30H54O. The van der Waals surface area contributed by atoms with Crippen molar-refractivity contribution in [2.24, 2.45) is 50.7 Å². The van der Waals surface area contributed by atoms with Crippen LogP contribution in [0.1, 0.15) is 132 Å². The van der Waals surface area contributed by atoms with Gasteiger partial charge in [-0.15, -0.1) is 0 Å². The van der Waals surface area contributed by atoms with E-state index < -0.39 is 0 Å². The third kappa shape index (κ3) is 3.57. The summed E-state index contributed by atoms with van der Waals surface area (Å²) in [5.41, 5.74) is 2.08. The lowest BCUT2D eigenvalue weighted by Gasteiger charge is -2.72. The van der Waals surface area contributed by atoms with E-state index in [1.165, 1.54) is 70.6 Å². The summed E-state index contributed by atoms with van der Waals surface area (Å²) in [6.07, 6.45) is 16.4. The predicted octanol–water partition coefficient (Wildman–Crippen LogP) is 8.64. The van der Waals surface area contributed by atoms with Crippen LogP contribution in [0, 0.1) is 50.7 Å². The van der Waals surface area contributed by atoms with E-state index in [0.29, 0.717) is 27.6 Å². The molecule has 4 fully saturated rings. The highest BCUT2D eigenvalue weighted by Crippen LogP contribution is 2.74. The van der Waals surface area contributed by atoms with E-state index in [4.69, 9.17) is 0 Å². The van der Waals surface area contributed by atoms with Gasteiger partial charge in [0.1, 0.15) is 0 Å². The first-order chi connectivity index (χ1) is 14.3. The Hall–Kier alpha value is -0.0400. The molecule has 0 heterocycles. The number of rotatable bonds is 4. The second-order valence-electron chi connectivity index (χ2n) is 14.9. The smallest absolute Gasteiger partial charge is 0.0594 e. The zero-order valence-electron chi connectivity index (χ0n) is 22.3. The van der Waals surface area contributed by atoms with Crippen molar-refractivity contribution in [2.75, 3.05) is 0 Å². The molecule has 4 aliphatic carbocycles. The second-order valence-corrected chi connectivity index (χ2v) is 14.9. The Morgan fingerprint density at radius 3 is 2.16 bits per heavy atom. The van der Waals surface area contributed by atoms with Gasteiger partial charge in [-0.1, -0.05) is 68.2 Å². The highest BCUT2D eigenvalue weighted by molar-refractivity contribution is 5.16. The van der Waals surface area contributed by atoms with Gasteiger partial charge in [-0.2, -0.15) is 0 Å². The van der Waals surface area contributed by atoms with Crippen LogP contribution >= 0.6 is 0 Å². The molecule has 31 heavy (non-hydrogen) atoms. The lowest BCUT2D eigenvalue weighted by atomic mass is 9.33. The molecule has 180 valence electrons. The monoisotopic (exact) mass is 430 g/mol. The summed E-state index contributed by atoms with van der Waals surface area (Å²) in [5.74, 6) is 3.30. The van der Waals surface area contributed by atoms with Gasteiger partial charge in [-0.05, 0) is 115 Å². The van der Waals surface area contributed by atoms with Crippen LogP contribution in [-0.2, 0) is 0 Å². The molecule has 0 amide bonds. The van der Waals surface area contributed by atoms with Crippen LogP contribution in [0.2, 0.25) is 0 Å². The largest absolute Gasteiger partial charge is 0.393 e. The Morgan fingerprint density at radius 1 is 0.774 bits per heavy atom. The zero-order valence-corrected chi connectivity index (χ0v) is 22.3. The van der Waals surface area contributed by atoms with Gasteiger partial charge in [0.15, 0.2) is 0 Å². The van der Waals surface area contributed by atoms with Gasteiger partial charge >= 0.3 is 0 Å². The Balaban J connectivity index is 1.56. The molecule has 0 spiro atoms. The van der Waals surface area contributed by atoms with Gasteiger partial charge in [0.2, 0.25) is 0 Å². The van der Waals surface area contributed by atoms with Crippen molar-refractivity contribution in [3.8, 4) is 0 Å². The van der Waals surface area contributed by atoms with Crippen molar-refractivity contribution in [3.63, 3.8) is 0 Å². The summed E-state index contributed by atoms with van der Waals surface area (Å²) in [6, 6.07) is 0. The fourth-order valence-electron chi connectivity index (χ4n) is 10.3. The fourth-order valence-corrected chi connectivity index (χ4v) is 10.3. The molecule has 1 heteroatoms. The topological polar surface area (TPSA) is 20.2 Å². The average molecular weight is 431 g/mol. The summed E-state index contributed by atoms with van der Waals surface area (Å²) in [6.45, 7) is 20.2. The Morgan fingerprint density at radius 2 is 1.48 bits per heavy atom. The summed E-state index contributed by atoms with van der Waals surface area (Å²) in [4.78, 5) is 0. The molecule has 4 rings (SSSR count). The summed E-state index contributed by atoms with van der Waals surface area (Å²) < 4.78 is 0. The van der Waals surface area contributed by atoms with Crippen molar-refractivity contribution in [2.45, 2.75) is 139 Å². The molecule has 1 nitrogen and oxygen atoms in total. The van der Waals surface area contributed by atoms with Gasteiger partial charge in [0.25, 0.3) is 0 Å². The van der Waals surface area contributed by atoms with Crippen molar-refractivity contribution in [1.82, 2.24) is 0 Å². The first-order valence-electron chi connectivity index (χ1n) is 14.0. The predicted molar refractivity (Wildman–Crippen MR) is 133 cm³/mol. The first-order valence-corrected chi connectivity index (χ1v) is 14.0. The van der Waals surface area contributed by atoms with E-state index in [1.807, 2.05) is 0 Å². The molecule has 1 N–H and O–H groups in total. The minimum Gasteiger partial charge on any atom is -0.393 e. The van der Waals surface area contributed by atoms with E-state index in [2.05, 4.69) is 55.4 Å². The number of aliphatic hydroxyl groups excluding tert-OH is 1. The third-order valence-electron chi connectivity index (χ3n) is 12.6. The second kappa shape index (κ2) is 7.74. The quantitative estimate of drug-likeness (QED) is 0.473. The van der Waals surface area contributed by atoms with Crippen molar-refractivity contribution < 1.29 is 5.11 Å². The van der Waals surface area contributed by atoms with E-state index in [-0.39, 0.29) is 11.5 Å². The SMILES string of the molecule is CC(C)CCCC1(C)CCC2(C)C(CCC3C4(C)CCC(O)C(C)(C)C4CCC32C)C1. The number of hydrogen-bond donors (Lipinski definition) is 1. The van der Waals surface area contributed by atoms with Crippen LogP contribution in [0.25, 0.3) is 0 Å². The molecular weight excluding hydrogens is 376 g/mol. The van der Waals surface area contributed by atoms with Crippen LogP contribution in [0.3, 0.4) is 0 Å². The number of fused-ring (bicyclic) bond motifs is 5. The summed E-state index contributed by atoms with van der Waals surface area (Å²) in [5, 5.41) is 10.9. The number of hydrogen-bond acceptors (Lipinski definition) is 1. The van der Waals surface area contributed by atoms with E-state index in [9.17, 15) is 5.11 Å². The van der Waals surface area contributed by atoms with E-state index in [0.717, 1.165) is 24.2 Å². The maximum absolute atomic E-state index is 10.9. The summed E-state index contributed by atoms with van der Waals surface area (Å²) >= 11 is 0. The Kier molecular flexibility index (Phi) is 6.02. The molecule has 0 radical (unpaired) electrons. The highest BCUT2D eigenvalue weighted by Gasteiger charge is 2.67. The van der Waals surface area contributed by atoms with Gasteiger partial charge in [-0.3, -0.25) is 0 Å². The normalized spacial score (nSPS) is 51.7. The van der Waals surface area contributed by atoms with Crippen LogP contribution in [0.4, 0.5) is 0 Å². The van der Waals surface area contributed by atoms with E-state index in [1.54, 1.807) is 0 Å². The molecule has 8 unspecified atom stereocenters. The van der Waals surface area contributed by atoms with Crippen LogP contribution < -0.4 is 0 Å². The van der Waals surface area contributed by atoms with Crippen molar-refractivity contribution in [3.05, 3.63) is 0 Å². The summed E-state index contributed by atoms with van der Waals surface area (Å²) in [7, 11) is 0. The van der Waals surface area contributed by atoms with Gasteiger partial charge in [0.05, 0.1) is 6.10 Å². The lowest BCUT2D eigenvalue weighted by Crippen LogP contribution is -2.65. The van der Waals surface area contributed by atoms with Crippen molar-refractivity contribution in [1.29, 1.82) is 0 Å². The highest BCUT2D eigenvalue weighted by atomic mass is 16.3. The molecule has 0 aromatic rings. The minimum absolute atomic E-state index is 0.0770. The van der Waals surface area contributed by atoms with Gasteiger partial charge < -0.3 is 5.11 Å². The fraction of sp³-hybridized carbons (Fsp3) is 1.00. The molecule has 0 aromatic heterocycles. The maximum atomic E-state index is 10.9. The zero-order chi connectivity index (χ0) is 22.9. The first kappa shape index (κ1) is 24.1. The molecule has 4 aliphatic rings. The Bertz CT molecular complexity index is 665. The van der Waals surface area contributed by atoms with Crippen molar-refractivity contribution >= 4 is 0 Å². The lowest BCUT2D eigenvalue weighted by molar-refractivity contribution is -0.236. The Labute approximate surface area is 194 Å². The van der Waals surface area contributed by atoms with E-state index >= 15 is 0 Å².